The van der Waals surface area contributed by atoms with Crippen LogP contribution in [0, 0.1) is 18.8 Å². The molecule has 2 aromatic heterocycles. The van der Waals surface area contributed by atoms with Crippen molar-refractivity contribution in [2.45, 2.75) is 6.92 Å². The third-order valence-corrected chi connectivity index (χ3v) is 2.54. The number of aromatic nitrogens is 3. The molecule has 0 fully saturated rings. The Kier molecular flexibility index (Phi) is 2.95. The predicted octanol–water partition coefficient (Wildman–Crippen LogP) is 2.29. The van der Waals surface area contributed by atoms with E-state index in [2.05, 4.69) is 27.0 Å². The van der Waals surface area contributed by atoms with Crippen LogP contribution in [0.25, 0.3) is 0 Å². The van der Waals surface area contributed by atoms with Crippen molar-refractivity contribution in [3.05, 3.63) is 39.1 Å². The van der Waals surface area contributed by atoms with Crippen LogP contribution < -0.4 is 0 Å². The van der Waals surface area contributed by atoms with E-state index >= 15 is 0 Å². The first-order chi connectivity index (χ1) is 7.24. The topological polar surface area (TPSA) is 38.7 Å². The van der Waals surface area contributed by atoms with Gasteiger partial charge in [0.2, 0.25) is 0 Å². The second kappa shape index (κ2) is 4.39. The Bertz CT molecular complexity index is 522. The lowest BCUT2D eigenvalue weighted by molar-refractivity contribution is 1.01. The smallest absolute Gasteiger partial charge is 0.151 e. The normalized spacial score (nSPS) is 9.47. The molecule has 0 aliphatic carbocycles. The first kappa shape index (κ1) is 10.1. The van der Waals surface area contributed by atoms with Crippen LogP contribution in [-0.4, -0.2) is 15.2 Å². The van der Waals surface area contributed by atoms with Gasteiger partial charge in [0.15, 0.2) is 5.15 Å². The number of hydrogen-bond acceptors (Lipinski definition) is 4. The second-order valence-corrected chi connectivity index (χ2v) is 4.19. The molecule has 0 unspecified atom stereocenters. The highest BCUT2D eigenvalue weighted by Gasteiger charge is 1.93. The molecular formula is C10H6ClN3S. The SMILES string of the molecule is Cc1nc(C#Cc2ccc(Cl)nn2)cs1. The Morgan fingerprint density at radius 1 is 1.20 bits per heavy atom. The van der Waals surface area contributed by atoms with Crippen LogP contribution in [0.5, 0.6) is 0 Å². The monoisotopic (exact) mass is 235 g/mol. The summed E-state index contributed by atoms with van der Waals surface area (Å²) in [6.07, 6.45) is 0. The van der Waals surface area contributed by atoms with Crippen molar-refractivity contribution in [1.82, 2.24) is 15.2 Å². The summed E-state index contributed by atoms with van der Waals surface area (Å²) in [5, 5.41) is 10.8. The summed E-state index contributed by atoms with van der Waals surface area (Å²) in [6.45, 7) is 1.94. The fourth-order valence-electron chi connectivity index (χ4n) is 0.932. The molecule has 74 valence electrons. The highest BCUT2D eigenvalue weighted by atomic mass is 35.5. The van der Waals surface area contributed by atoms with E-state index in [-0.39, 0.29) is 0 Å². The van der Waals surface area contributed by atoms with Crippen LogP contribution in [0.2, 0.25) is 5.15 Å². The van der Waals surface area contributed by atoms with E-state index < -0.39 is 0 Å². The minimum atomic E-state index is 0.366. The Morgan fingerprint density at radius 3 is 2.60 bits per heavy atom. The Labute approximate surface area is 96.2 Å². The summed E-state index contributed by atoms with van der Waals surface area (Å²) in [6, 6.07) is 3.38. The van der Waals surface area contributed by atoms with E-state index in [0.717, 1.165) is 10.7 Å². The van der Waals surface area contributed by atoms with Crippen LogP contribution in [-0.2, 0) is 0 Å². The van der Waals surface area contributed by atoms with Gasteiger partial charge in [0.25, 0.3) is 0 Å². The fraction of sp³-hybridized carbons (Fsp3) is 0.100. The molecule has 0 bridgehead atoms. The molecule has 2 heterocycles. The fourth-order valence-corrected chi connectivity index (χ4v) is 1.58. The lowest BCUT2D eigenvalue weighted by Crippen LogP contribution is -1.86. The summed E-state index contributed by atoms with van der Waals surface area (Å²) in [5.74, 6) is 5.77. The maximum Gasteiger partial charge on any atom is 0.151 e. The third kappa shape index (κ3) is 2.75. The van der Waals surface area contributed by atoms with Gasteiger partial charge in [0.1, 0.15) is 11.4 Å². The molecule has 15 heavy (non-hydrogen) atoms. The van der Waals surface area contributed by atoms with E-state index in [9.17, 15) is 0 Å². The standard InChI is InChI=1S/C10H6ClN3S/c1-7-12-9(6-15-7)3-2-8-4-5-10(11)14-13-8/h4-6H,1H3. The van der Waals surface area contributed by atoms with E-state index in [1.807, 2.05) is 12.3 Å². The zero-order valence-corrected chi connectivity index (χ0v) is 9.43. The van der Waals surface area contributed by atoms with E-state index in [0.29, 0.717) is 10.8 Å². The highest BCUT2D eigenvalue weighted by molar-refractivity contribution is 7.09. The van der Waals surface area contributed by atoms with Gasteiger partial charge in [-0.15, -0.1) is 21.5 Å². The van der Waals surface area contributed by atoms with Crippen LogP contribution in [0.4, 0.5) is 0 Å². The van der Waals surface area contributed by atoms with E-state index in [1.165, 1.54) is 0 Å². The number of thiazole rings is 1. The lowest BCUT2D eigenvalue weighted by Gasteiger charge is -1.86. The van der Waals surface area contributed by atoms with Gasteiger partial charge in [0, 0.05) is 5.38 Å². The minimum absolute atomic E-state index is 0.366. The molecular weight excluding hydrogens is 230 g/mol. The Hall–Kier alpha value is -1.44. The average Bonchev–Trinajstić information content (AvgIpc) is 2.64. The summed E-state index contributed by atoms with van der Waals surface area (Å²) >= 11 is 7.17. The molecule has 0 atom stereocenters. The summed E-state index contributed by atoms with van der Waals surface area (Å²) in [4.78, 5) is 4.21. The highest BCUT2D eigenvalue weighted by Crippen LogP contribution is 2.06. The molecule has 0 spiro atoms. The molecule has 0 amide bonds. The largest absolute Gasteiger partial charge is 0.233 e. The van der Waals surface area contributed by atoms with Gasteiger partial charge < -0.3 is 0 Å². The van der Waals surface area contributed by atoms with Gasteiger partial charge >= 0.3 is 0 Å². The van der Waals surface area contributed by atoms with Gasteiger partial charge in [-0.1, -0.05) is 11.6 Å². The van der Waals surface area contributed by atoms with Crippen LogP contribution in [0.15, 0.2) is 17.5 Å². The van der Waals surface area contributed by atoms with Crippen LogP contribution in [0.1, 0.15) is 16.4 Å². The van der Waals surface area contributed by atoms with Gasteiger partial charge in [0.05, 0.1) is 5.01 Å². The third-order valence-electron chi connectivity index (χ3n) is 1.57. The number of rotatable bonds is 0. The van der Waals surface area contributed by atoms with Crippen molar-refractivity contribution in [1.29, 1.82) is 0 Å². The zero-order chi connectivity index (χ0) is 10.7. The molecule has 2 aromatic rings. The second-order valence-electron chi connectivity index (χ2n) is 2.74. The molecule has 0 aliphatic heterocycles. The predicted molar refractivity (Wildman–Crippen MR) is 59.9 cm³/mol. The number of aryl methyl sites for hydroxylation is 1. The number of nitrogens with zero attached hydrogens (tertiary/aromatic N) is 3. The quantitative estimate of drug-likeness (QED) is 0.658. The van der Waals surface area contributed by atoms with Crippen LogP contribution in [0.3, 0.4) is 0 Å². The van der Waals surface area contributed by atoms with E-state index in [4.69, 9.17) is 11.6 Å². The molecule has 2 rings (SSSR count). The van der Waals surface area contributed by atoms with E-state index in [1.54, 1.807) is 23.5 Å². The van der Waals surface area contributed by atoms with Crippen molar-refractivity contribution in [2.75, 3.05) is 0 Å². The number of hydrogen-bond donors (Lipinski definition) is 0. The molecule has 0 aliphatic rings. The lowest BCUT2D eigenvalue weighted by atomic mass is 10.3. The summed E-state index contributed by atoms with van der Waals surface area (Å²) < 4.78 is 0. The summed E-state index contributed by atoms with van der Waals surface area (Å²) in [5.41, 5.74) is 1.35. The minimum Gasteiger partial charge on any atom is -0.233 e. The zero-order valence-electron chi connectivity index (χ0n) is 7.86. The molecule has 0 saturated heterocycles. The molecule has 3 nitrogen and oxygen atoms in total. The maximum atomic E-state index is 5.60. The van der Waals surface area contributed by atoms with Crippen LogP contribution >= 0.6 is 22.9 Å². The average molecular weight is 236 g/mol. The molecule has 0 saturated carbocycles. The molecule has 0 aromatic carbocycles. The molecule has 0 N–H and O–H groups in total. The molecule has 0 radical (unpaired) electrons. The van der Waals surface area contributed by atoms with Crippen molar-refractivity contribution >= 4 is 22.9 Å². The molecule has 5 heteroatoms. The first-order valence-corrected chi connectivity index (χ1v) is 5.43. The summed E-state index contributed by atoms with van der Waals surface area (Å²) in [7, 11) is 0. The maximum absolute atomic E-state index is 5.60. The Morgan fingerprint density at radius 2 is 2.00 bits per heavy atom. The van der Waals surface area contributed by atoms with Crippen molar-refractivity contribution in [2.24, 2.45) is 0 Å². The van der Waals surface area contributed by atoms with Crippen molar-refractivity contribution < 1.29 is 0 Å². The first-order valence-electron chi connectivity index (χ1n) is 4.17. The van der Waals surface area contributed by atoms with Crippen molar-refractivity contribution in [3.63, 3.8) is 0 Å². The van der Waals surface area contributed by atoms with Gasteiger partial charge in [-0.25, -0.2) is 4.98 Å². The van der Waals surface area contributed by atoms with Gasteiger partial charge in [-0.05, 0) is 30.9 Å². The van der Waals surface area contributed by atoms with Gasteiger partial charge in [-0.2, -0.15) is 0 Å². The van der Waals surface area contributed by atoms with Gasteiger partial charge in [-0.3, -0.25) is 0 Å². The Balaban J connectivity index is 2.22. The van der Waals surface area contributed by atoms with Crippen molar-refractivity contribution in [3.8, 4) is 11.8 Å². The number of halogens is 1.